The molecule has 0 aliphatic heterocycles. The molecule has 4 aliphatic rings. The second kappa shape index (κ2) is 4.44. The first kappa shape index (κ1) is 14.0. The predicted octanol–water partition coefficient (Wildman–Crippen LogP) is 5.25. The maximum atomic E-state index is 13.1. The van der Waals surface area contributed by atoms with Crippen molar-refractivity contribution in [1.29, 1.82) is 0 Å². The summed E-state index contributed by atoms with van der Waals surface area (Å²) in [6.07, 6.45) is 9.36. The Balaban J connectivity index is 1.54. The zero-order valence-electron chi connectivity index (χ0n) is 13.3. The molecule has 1 nitrogen and oxygen atoms in total. The highest BCUT2D eigenvalue weighted by molar-refractivity contribution is 7.07. The number of hydrogen-bond donors (Lipinski definition) is 0. The summed E-state index contributed by atoms with van der Waals surface area (Å²) in [5.74, 6) is 1.40. The summed E-state index contributed by atoms with van der Waals surface area (Å²) in [6, 6.07) is 2.17. The molecular weight excluding hydrogens is 276 g/mol. The van der Waals surface area contributed by atoms with Crippen LogP contribution < -0.4 is 0 Å². The Bertz CT molecular complexity index is 540. The van der Waals surface area contributed by atoms with Crippen molar-refractivity contribution in [2.24, 2.45) is 22.2 Å². The van der Waals surface area contributed by atoms with Gasteiger partial charge in [0, 0.05) is 11.8 Å². The second-order valence-corrected chi connectivity index (χ2v) is 9.75. The van der Waals surface area contributed by atoms with Crippen LogP contribution >= 0.6 is 11.3 Å². The fourth-order valence-electron chi connectivity index (χ4n) is 6.72. The maximum absolute atomic E-state index is 13.1. The Morgan fingerprint density at radius 2 is 1.90 bits per heavy atom. The first-order valence-corrected chi connectivity index (χ1v) is 9.39. The fourth-order valence-corrected chi connectivity index (χ4v) is 7.42. The van der Waals surface area contributed by atoms with Gasteiger partial charge in [0.15, 0.2) is 0 Å². The van der Waals surface area contributed by atoms with Crippen LogP contribution in [0.3, 0.4) is 0 Å². The van der Waals surface area contributed by atoms with Gasteiger partial charge < -0.3 is 0 Å². The van der Waals surface area contributed by atoms with E-state index in [1.165, 1.54) is 44.1 Å². The molecule has 1 heterocycles. The van der Waals surface area contributed by atoms with E-state index >= 15 is 0 Å². The normalized spacial score (nSPS) is 44.2. The van der Waals surface area contributed by atoms with Crippen LogP contribution in [0.2, 0.25) is 0 Å². The van der Waals surface area contributed by atoms with Gasteiger partial charge in [-0.15, -0.1) is 0 Å². The summed E-state index contributed by atoms with van der Waals surface area (Å²) in [7, 11) is 0. The molecule has 2 atom stereocenters. The van der Waals surface area contributed by atoms with Crippen molar-refractivity contribution in [3.05, 3.63) is 22.4 Å². The Morgan fingerprint density at radius 3 is 2.48 bits per heavy atom. The third-order valence-corrected chi connectivity index (χ3v) is 7.17. The van der Waals surface area contributed by atoms with Gasteiger partial charge in [-0.1, -0.05) is 13.8 Å². The zero-order chi connectivity index (χ0) is 14.7. The van der Waals surface area contributed by atoms with Gasteiger partial charge in [-0.05, 0) is 84.1 Å². The van der Waals surface area contributed by atoms with Crippen molar-refractivity contribution in [2.75, 3.05) is 0 Å². The molecule has 0 radical (unpaired) electrons. The first-order chi connectivity index (χ1) is 9.91. The molecule has 2 heteroatoms. The maximum Gasteiger partial charge on any atom is 0.139 e. The van der Waals surface area contributed by atoms with Crippen LogP contribution in [0.1, 0.15) is 64.4 Å². The average molecular weight is 302 g/mol. The topological polar surface area (TPSA) is 17.1 Å². The molecular formula is C19H26OS. The molecule has 0 aromatic carbocycles. The van der Waals surface area contributed by atoms with Gasteiger partial charge in [-0.2, -0.15) is 11.3 Å². The number of carbonyl (C=O) groups is 1. The molecule has 0 saturated heterocycles. The largest absolute Gasteiger partial charge is 0.299 e. The van der Waals surface area contributed by atoms with Gasteiger partial charge in [-0.25, -0.2) is 0 Å². The Kier molecular flexibility index (Phi) is 2.96. The third-order valence-electron chi connectivity index (χ3n) is 6.44. The van der Waals surface area contributed by atoms with E-state index in [4.69, 9.17) is 0 Å². The van der Waals surface area contributed by atoms with Crippen LogP contribution in [0.15, 0.2) is 16.8 Å². The molecule has 1 aromatic rings. The van der Waals surface area contributed by atoms with Crippen LogP contribution in [0.25, 0.3) is 0 Å². The van der Waals surface area contributed by atoms with Gasteiger partial charge >= 0.3 is 0 Å². The summed E-state index contributed by atoms with van der Waals surface area (Å²) in [6.45, 7) is 4.91. The van der Waals surface area contributed by atoms with E-state index in [0.29, 0.717) is 16.6 Å². The number of aryl methyl sites for hydroxylation is 1. The van der Waals surface area contributed by atoms with E-state index in [0.717, 1.165) is 18.8 Å². The fraction of sp³-hybridized carbons (Fsp3) is 0.737. The van der Waals surface area contributed by atoms with Gasteiger partial charge in [0.05, 0.1) is 0 Å². The van der Waals surface area contributed by atoms with E-state index in [-0.39, 0.29) is 5.41 Å². The van der Waals surface area contributed by atoms with E-state index < -0.39 is 0 Å². The molecule has 114 valence electrons. The van der Waals surface area contributed by atoms with Crippen LogP contribution in [-0.2, 0) is 11.2 Å². The zero-order valence-corrected chi connectivity index (χ0v) is 14.1. The van der Waals surface area contributed by atoms with Crippen LogP contribution in [-0.4, -0.2) is 5.78 Å². The standard InChI is InChI=1S/C19H26OS/c1-17-7-15-8-18(2,11-17)13-19(9-15,12-17)16(20)4-3-14-5-6-21-10-14/h5-6,10,15H,3-4,7-9,11-13H2,1-2H3. The van der Waals surface area contributed by atoms with E-state index in [9.17, 15) is 4.79 Å². The molecule has 2 unspecified atom stereocenters. The van der Waals surface area contributed by atoms with Crippen molar-refractivity contribution in [3.8, 4) is 0 Å². The molecule has 0 amide bonds. The first-order valence-electron chi connectivity index (χ1n) is 8.45. The molecule has 4 bridgehead atoms. The Hall–Kier alpha value is -0.630. The summed E-state index contributed by atoms with van der Waals surface area (Å²) >= 11 is 1.74. The minimum Gasteiger partial charge on any atom is -0.299 e. The molecule has 0 spiro atoms. The van der Waals surface area contributed by atoms with Gasteiger partial charge in [0.25, 0.3) is 0 Å². The second-order valence-electron chi connectivity index (χ2n) is 8.97. The van der Waals surface area contributed by atoms with Crippen molar-refractivity contribution >= 4 is 17.1 Å². The van der Waals surface area contributed by atoms with Crippen molar-refractivity contribution < 1.29 is 4.79 Å². The summed E-state index contributed by atoms with van der Waals surface area (Å²) in [5.41, 5.74) is 2.28. The molecule has 4 aliphatic carbocycles. The van der Waals surface area contributed by atoms with Gasteiger partial charge in [-0.3, -0.25) is 4.79 Å². The Morgan fingerprint density at radius 1 is 1.19 bits per heavy atom. The number of carbonyl (C=O) groups excluding carboxylic acids is 1. The van der Waals surface area contributed by atoms with E-state index in [1.54, 1.807) is 11.3 Å². The highest BCUT2D eigenvalue weighted by Gasteiger charge is 2.62. The van der Waals surface area contributed by atoms with Gasteiger partial charge in [0.1, 0.15) is 5.78 Å². The lowest BCUT2D eigenvalue weighted by Gasteiger charge is -2.64. The number of Topliss-reactive ketones (excluding diaryl/α,β-unsaturated/α-hetero) is 1. The summed E-state index contributed by atoms with van der Waals surface area (Å²) < 4.78 is 0. The van der Waals surface area contributed by atoms with Crippen molar-refractivity contribution in [1.82, 2.24) is 0 Å². The smallest absolute Gasteiger partial charge is 0.139 e. The molecule has 4 saturated carbocycles. The number of thiophene rings is 1. The quantitative estimate of drug-likeness (QED) is 0.742. The van der Waals surface area contributed by atoms with Crippen molar-refractivity contribution in [2.45, 2.75) is 65.2 Å². The molecule has 0 N–H and O–H groups in total. The average Bonchev–Trinajstić information content (AvgIpc) is 2.84. The SMILES string of the molecule is CC12CC3CC(C)(C1)CC(C(=O)CCc1ccsc1)(C3)C2. The number of rotatable bonds is 4. The minimum absolute atomic E-state index is 0.0406. The highest BCUT2D eigenvalue weighted by atomic mass is 32.1. The monoisotopic (exact) mass is 302 g/mol. The lowest BCUT2D eigenvalue weighted by Crippen LogP contribution is -2.57. The molecule has 4 fully saturated rings. The number of hydrogen-bond acceptors (Lipinski definition) is 2. The third kappa shape index (κ3) is 2.30. The van der Waals surface area contributed by atoms with Crippen LogP contribution in [0.5, 0.6) is 0 Å². The lowest BCUT2D eigenvalue weighted by atomic mass is 9.39. The van der Waals surface area contributed by atoms with E-state index in [1.807, 2.05) is 0 Å². The predicted molar refractivity (Wildman–Crippen MR) is 87.5 cm³/mol. The minimum atomic E-state index is 0.0406. The van der Waals surface area contributed by atoms with Gasteiger partial charge in [0.2, 0.25) is 0 Å². The number of ketones is 1. The van der Waals surface area contributed by atoms with Crippen molar-refractivity contribution in [3.63, 3.8) is 0 Å². The lowest BCUT2D eigenvalue weighted by molar-refractivity contribution is -0.168. The summed E-state index contributed by atoms with van der Waals surface area (Å²) in [4.78, 5) is 13.1. The van der Waals surface area contributed by atoms with Crippen LogP contribution in [0.4, 0.5) is 0 Å². The molecule has 21 heavy (non-hydrogen) atoms. The summed E-state index contributed by atoms with van der Waals surface area (Å²) in [5, 5.41) is 4.31. The molecule has 1 aromatic heterocycles. The Labute approximate surface area is 132 Å². The van der Waals surface area contributed by atoms with E-state index in [2.05, 4.69) is 30.7 Å². The van der Waals surface area contributed by atoms with Crippen LogP contribution in [0, 0.1) is 22.2 Å². The highest BCUT2D eigenvalue weighted by Crippen LogP contribution is 2.69. The molecule has 5 rings (SSSR count).